The van der Waals surface area contributed by atoms with E-state index in [0.717, 1.165) is 0 Å². The predicted octanol–water partition coefficient (Wildman–Crippen LogP) is 1.79. The molecule has 1 atom stereocenters. The molecule has 5 heteroatoms. The highest BCUT2D eigenvalue weighted by Gasteiger charge is 2.22. The number of hydrogen-bond donors (Lipinski definition) is 2. The van der Waals surface area contributed by atoms with Gasteiger partial charge in [0.15, 0.2) is 0 Å². The summed E-state index contributed by atoms with van der Waals surface area (Å²) in [5.74, 6) is -0.357. The van der Waals surface area contributed by atoms with Crippen LogP contribution in [0.15, 0.2) is 18.2 Å². The second kappa shape index (κ2) is 6.91. The van der Waals surface area contributed by atoms with E-state index in [2.05, 4.69) is 0 Å². The largest absolute Gasteiger partial charge is 0.395 e. The molecule has 0 spiro atoms. The quantitative estimate of drug-likeness (QED) is 0.820. The molecule has 0 aliphatic rings. The van der Waals surface area contributed by atoms with Gasteiger partial charge in [-0.05, 0) is 18.7 Å². The summed E-state index contributed by atoms with van der Waals surface area (Å²) in [5.41, 5.74) is 6.11. The molecule has 3 N–H and O–H groups in total. The maximum absolute atomic E-state index is 13.8. The minimum atomic E-state index is -0.357. The monoisotopic (exact) mass is 260 g/mol. The van der Waals surface area contributed by atoms with E-state index in [1.165, 1.54) is 6.07 Å². The van der Waals surface area contributed by atoms with E-state index >= 15 is 0 Å². The number of rotatable bonds is 6. The van der Waals surface area contributed by atoms with Gasteiger partial charge in [0.2, 0.25) is 0 Å². The molecule has 0 saturated carbocycles. The van der Waals surface area contributed by atoms with E-state index < -0.39 is 0 Å². The van der Waals surface area contributed by atoms with Crippen LogP contribution in [-0.4, -0.2) is 36.2 Å². The average Bonchev–Trinajstić information content (AvgIpc) is 2.32. The lowest BCUT2D eigenvalue weighted by Crippen LogP contribution is -2.36. The topological polar surface area (TPSA) is 49.5 Å². The van der Waals surface area contributed by atoms with Crippen LogP contribution < -0.4 is 5.73 Å². The molecular weight excluding hydrogens is 243 g/mol. The maximum atomic E-state index is 13.8. The van der Waals surface area contributed by atoms with E-state index in [9.17, 15) is 4.39 Å². The molecule has 1 unspecified atom stereocenters. The Morgan fingerprint density at radius 3 is 2.71 bits per heavy atom. The molecular formula is C12H18ClFN2O. The molecule has 0 fully saturated rings. The Kier molecular flexibility index (Phi) is 5.85. The molecule has 0 amide bonds. The number of nitrogens with two attached hydrogens (primary N) is 1. The number of aliphatic hydroxyl groups is 1. The molecule has 1 aromatic rings. The molecule has 0 saturated heterocycles. The fourth-order valence-electron chi connectivity index (χ4n) is 1.94. The zero-order chi connectivity index (χ0) is 12.8. The van der Waals surface area contributed by atoms with Crippen molar-refractivity contribution in [3.63, 3.8) is 0 Å². The SMILES string of the molecule is CCN(CCO)C(CN)c1c(F)cccc1Cl. The van der Waals surface area contributed by atoms with Crippen molar-refractivity contribution < 1.29 is 9.50 Å². The number of benzene rings is 1. The van der Waals surface area contributed by atoms with E-state index in [1.807, 2.05) is 11.8 Å². The number of halogens is 2. The summed E-state index contributed by atoms with van der Waals surface area (Å²) >= 11 is 6.02. The molecule has 17 heavy (non-hydrogen) atoms. The van der Waals surface area contributed by atoms with Gasteiger partial charge in [-0.25, -0.2) is 4.39 Å². The lowest BCUT2D eigenvalue weighted by molar-refractivity contribution is 0.158. The molecule has 0 bridgehead atoms. The normalized spacial score (nSPS) is 13.1. The van der Waals surface area contributed by atoms with Crippen molar-refractivity contribution in [3.8, 4) is 0 Å². The Morgan fingerprint density at radius 2 is 2.24 bits per heavy atom. The molecule has 0 aliphatic heterocycles. The van der Waals surface area contributed by atoms with Gasteiger partial charge in [-0.2, -0.15) is 0 Å². The lowest BCUT2D eigenvalue weighted by atomic mass is 10.0. The minimum Gasteiger partial charge on any atom is -0.395 e. The number of likely N-dealkylation sites (N-methyl/N-ethyl adjacent to an activating group) is 1. The summed E-state index contributed by atoms with van der Waals surface area (Å²) < 4.78 is 13.8. The third-order valence-corrected chi connectivity index (χ3v) is 3.12. The summed E-state index contributed by atoms with van der Waals surface area (Å²) in [6.45, 7) is 3.33. The average molecular weight is 261 g/mol. The highest BCUT2D eigenvalue weighted by atomic mass is 35.5. The molecule has 0 aliphatic carbocycles. The van der Waals surface area contributed by atoms with Gasteiger partial charge in [0.1, 0.15) is 5.82 Å². The second-order valence-corrected chi connectivity index (χ2v) is 4.15. The van der Waals surface area contributed by atoms with Crippen molar-refractivity contribution in [3.05, 3.63) is 34.6 Å². The Balaban J connectivity index is 3.07. The first-order chi connectivity index (χ1) is 8.15. The summed E-state index contributed by atoms with van der Waals surface area (Å²) in [4.78, 5) is 1.91. The molecule has 3 nitrogen and oxygen atoms in total. The predicted molar refractivity (Wildman–Crippen MR) is 67.5 cm³/mol. The number of hydrogen-bond acceptors (Lipinski definition) is 3. The van der Waals surface area contributed by atoms with Crippen LogP contribution in [0.25, 0.3) is 0 Å². The van der Waals surface area contributed by atoms with Crippen molar-refractivity contribution >= 4 is 11.6 Å². The van der Waals surface area contributed by atoms with Gasteiger partial charge in [0.05, 0.1) is 12.6 Å². The van der Waals surface area contributed by atoms with Crippen molar-refractivity contribution in [1.29, 1.82) is 0 Å². The van der Waals surface area contributed by atoms with Crippen molar-refractivity contribution in [2.45, 2.75) is 13.0 Å². The Labute approximate surface area is 106 Å². The fourth-order valence-corrected chi connectivity index (χ4v) is 2.23. The molecule has 0 aromatic heterocycles. The van der Waals surface area contributed by atoms with Gasteiger partial charge in [0, 0.05) is 23.7 Å². The minimum absolute atomic E-state index is 0.0103. The van der Waals surface area contributed by atoms with Gasteiger partial charge in [-0.3, -0.25) is 4.90 Å². The molecule has 1 rings (SSSR count). The summed E-state index contributed by atoms with van der Waals surface area (Å²) in [7, 11) is 0. The number of aliphatic hydroxyl groups excluding tert-OH is 1. The van der Waals surface area contributed by atoms with Crippen LogP contribution in [0, 0.1) is 5.82 Å². The van der Waals surface area contributed by atoms with Crippen molar-refractivity contribution in [1.82, 2.24) is 4.90 Å². The zero-order valence-corrected chi connectivity index (χ0v) is 10.6. The van der Waals surface area contributed by atoms with Crippen LogP contribution in [0.1, 0.15) is 18.5 Å². The van der Waals surface area contributed by atoms with E-state index in [1.54, 1.807) is 12.1 Å². The van der Waals surface area contributed by atoms with E-state index in [4.69, 9.17) is 22.4 Å². The first-order valence-electron chi connectivity index (χ1n) is 5.64. The lowest BCUT2D eigenvalue weighted by Gasteiger charge is -2.30. The van der Waals surface area contributed by atoms with Crippen LogP contribution in [0.2, 0.25) is 5.02 Å². The standard InChI is InChI=1S/C12H18ClFN2O/c1-2-16(6-7-17)11(8-15)12-9(13)4-3-5-10(12)14/h3-5,11,17H,2,6-8,15H2,1H3. The van der Waals surface area contributed by atoms with E-state index in [0.29, 0.717) is 23.7 Å². The number of nitrogens with zero attached hydrogens (tertiary/aromatic N) is 1. The maximum Gasteiger partial charge on any atom is 0.129 e. The van der Waals surface area contributed by atoms with Crippen LogP contribution in [0.3, 0.4) is 0 Å². The van der Waals surface area contributed by atoms with Crippen LogP contribution in [0.4, 0.5) is 4.39 Å². The van der Waals surface area contributed by atoms with Gasteiger partial charge >= 0.3 is 0 Å². The van der Waals surface area contributed by atoms with Crippen LogP contribution in [-0.2, 0) is 0 Å². The molecule has 0 radical (unpaired) electrons. The zero-order valence-electron chi connectivity index (χ0n) is 9.87. The Morgan fingerprint density at radius 1 is 1.53 bits per heavy atom. The van der Waals surface area contributed by atoms with Crippen LogP contribution in [0.5, 0.6) is 0 Å². The second-order valence-electron chi connectivity index (χ2n) is 3.74. The van der Waals surface area contributed by atoms with Crippen molar-refractivity contribution in [2.75, 3.05) is 26.2 Å². The summed E-state index contributed by atoms with van der Waals surface area (Å²) in [6, 6.07) is 4.28. The first kappa shape index (κ1) is 14.4. The molecule has 1 aromatic carbocycles. The van der Waals surface area contributed by atoms with Gasteiger partial charge in [-0.1, -0.05) is 24.6 Å². The first-order valence-corrected chi connectivity index (χ1v) is 6.02. The van der Waals surface area contributed by atoms with Crippen LogP contribution >= 0.6 is 11.6 Å². The summed E-state index contributed by atoms with van der Waals surface area (Å²) in [5, 5.41) is 9.36. The van der Waals surface area contributed by atoms with Gasteiger partial charge in [-0.15, -0.1) is 0 Å². The van der Waals surface area contributed by atoms with Crippen molar-refractivity contribution in [2.24, 2.45) is 5.73 Å². The van der Waals surface area contributed by atoms with Gasteiger partial charge < -0.3 is 10.8 Å². The molecule has 0 heterocycles. The third-order valence-electron chi connectivity index (χ3n) is 2.79. The fraction of sp³-hybridized carbons (Fsp3) is 0.500. The summed E-state index contributed by atoms with van der Waals surface area (Å²) in [6.07, 6.45) is 0. The Hall–Kier alpha value is -0.680. The smallest absolute Gasteiger partial charge is 0.129 e. The van der Waals surface area contributed by atoms with E-state index in [-0.39, 0.29) is 25.0 Å². The third kappa shape index (κ3) is 3.39. The Bertz CT molecular complexity index is 342. The highest BCUT2D eigenvalue weighted by molar-refractivity contribution is 6.31. The molecule has 96 valence electrons. The van der Waals surface area contributed by atoms with Gasteiger partial charge in [0.25, 0.3) is 0 Å². The highest BCUT2D eigenvalue weighted by Crippen LogP contribution is 2.29.